The van der Waals surface area contributed by atoms with Crippen molar-refractivity contribution in [1.82, 2.24) is 4.98 Å². The fourth-order valence-corrected chi connectivity index (χ4v) is 1.75. The molecule has 0 N–H and O–H groups in total. The first-order valence-electron chi connectivity index (χ1n) is 5.94. The van der Waals surface area contributed by atoms with E-state index in [-0.39, 0.29) is 11.6 Å². The van der Waals surface area contributed by atoms with E-state index in [1.54, 1.807) is 26.3 Å². The molecule has 0 fully saturated rings. The van der Waals surface area contributed by atoms with Crippen LogP contribution in [0.15, 0.2) is 42.6 Å². The van der Waals surface area contributed by atoms with Gasteiger partial charge in [-0.25, -0.2) is 4.98 Å². The molecule has 0 aliphatic rings. The molecule has 0 spiro atoms. The lowest BCUT2D eigenvalue weighted by atomic mass is 10.2. The number of carbonyl (C=O) groups excluding carboxylic acids is 1. The molecule has 0 saturated heterocycles. The van der Waals surface area contributed by atoms with Crippen LogP contribution in [0.2, 0.25) is 0 Å². The van der Waals surface area contributed by atoms with Crippen LogP contribution in [0, 0.1) is 11.3 Å². The molecule has 1 aromatic carbocycles. The lowest BCUT2D eigenvalue weighted by Gasteiger charge is -2.18. The van der Waals surface area contributed by atoms with E-state index >= 15 is 0 Å². The number of amides is 1. The highest BCUT2D eigenvalue weighted by Gasteiger charge is 2.14. The van der Waals surface area contributed by atoms with Crippen LogP contribution in [0.4, 0.5) is 5.69 Å². The van der Waals surface area contributed by atoms with Gasteiger partial charge in [-0.05, 0) is 24.3 Å². The van der Waals surface area contributed by atoms with Gasteiger partial charge in [0.15, 0.2) is 0 Å². The van der Waals surface area contributed by atoms with E-state index < -0.39 is 0 Å². The monoisotopic (exact) mass is 267 g/mol. The Morgan fingerprint density at radius 2 is 2.15 bits per heavy atom. The average molecular weight is 267 g/mol. The van der Waals surface area contributed by atoms with Crippen molar-refractivity contribution in [2.45, 2.75) is 0 Å². The minimum atomic E-state index is -0.211. The van der Waals surface area contributed by atoms with Gasteiger partial charge in [-0.2, -0.15) is 5.26 Å². The Morgan fingerprint density at radius 3 is 2.85 bits per heavy atom. The van der Waals surface area contributed by atoms with Gasteiger partial charge >= 0.3 is 0 Å². The molecule has 0 atom stereocenters. The van der Waals surface area contributed by atoms with Crippen LogP contribution in [-0.4, -0.2) is 25.0 Å². The van der Waals surface area contributed by atoms with Gasteiger partial charge in [-0.15, -0.1) is 0 Å². The number of anilines is 1. The molecular formula is C15H13N3O2. The maximum absolute atomic E-state index is 12.4. The van der Waals surface area contributed by atoms with Crippen LogP contribution >= 0.6 is 0 Å². The van der Waals surface area contributed by atoms with Crippen LogP contribution in [0.1, 0.15) is 16.1 Å². The Balaban J connectivity index is 2.30. The molecule has 1 amide bonds. The molecule has 0 bridgehead atoms. The highest BCUT2D eigenvalue weighted by atomic mass is 16.5. The van der Waals surface area contributed by atoms with Crippen molar-refractivity contribution in [3.63, 3.8) is 0 Å². The SMILES string of the molecule is COc1cccc(N(C)C(=O)c2ccnc(C#N)c2)c1. The summed E-state index contributed by atoms with van der Waals surface area (Å²) >= 11 is 0. The Bertz CT molecular complexity index is 677. The third kappa shape index (κ3) is 2.75. The van der Waals surface area contributed by atoms with E-state index in [4.69, 9.17) is 10.00 Å². The summed E-state index contributed by atoms with van der Waals surface area (Å²) in [5, 5.41) is 8.81. The van der Waals surface area contributed by atoms with Gasteiger partial charge in [0, 0.05) is 30.6 Å². The Kier molecular flexibility index (Phi) is 3.96. The number of carbonyl (C=O) groups is 1. The molecule has 20 heavy (non-hydrogen) atoms. The predicted octanol–water partition coefficient (Wildman–Crippen LogP) is 2.24. The molecule has 0 unspecified atom stereocenters. The van der Waals surface area contributed by atoms with Gasteiger partial charge in [-0.1, -0.05) is 6.07 Å². The second-order valence-electron chi connectivity index (χ2n) is 4.11. The second-order valence-corrected chi connectivity index (χ2v) is 4.11. The number of hydrogen-bond donors (Lipinski definition) is 0. The standard InChI is InChI=1S/C15H13N3O2/c1-18(13-4-3-5-14(9-13)20-2)15(19)11-6-7-17-12(8-11)10-16/h3-9H,1-2H3. The summed E-state index contributed by atoms with van der Waals surface area (Å²) in [4.78, 5) is 17.7. The third-order valence-corrected chi connectivity index (χ3v) is 2.87. The molecule has 2 aromatic rings. The van der Waals surface area contributed by atoms with Crippen LogP contribution in [-0.2, 0) is 0 Å². The summed E-state index contributed by atoms with van der Waals surface area (Å²) in [6.07, 6.45) is 1.45. The van der Waals surface area contributed by atoms with E-state index in [2.05, 4.69) is 4.98 Å². The summed E-state index contributed by atoms with van der Waals surface area (Å²) in [6, 6.07) is 12.2. The van der Waals surface area contributed by atoms with Crippen LogP contribution in [0.25, 0.3) is 0 Å². The molecule has 5 heteroatoms. The van der Waals surface area contributed by atoms with Gasteiger partial charge < -0.3 is 9.64 Å². The summed E-state index contributed by atoms with van der Waals surface area (Å²) in [5.74, 6) is 0.465. The first-order valence-corrected chi connectivity index (χ1v) is 5.94. The number of nitrogens with zero attached hydrogens (tertiary/aromatic N) is 3. The van der Waals surface area contributed by atoms with Gasteiger partial charge in [0.05, 0.1) is 7.11 Å². The van der Waals surface area contributed by atoms with Crippen molar-refractivity contribution < 1.29 is 9.53 Å². The number of pyridine rings is 1. The maximum atomic E-state index is 12.4. The molecule has 0 aliphatic carbocycles. The number of methoxy groups -OCH3 is 1. The summed E-state index contributed by atoms with van der Waals surface area (Å²) in [5.41, 5.74) is 1.35. The van der Waals surface area contributed by atoms with Crippen molar-refractivity contribution in [2.24, 2.45) is 0 Å². The molecule has 1 aromatic heterocycles. The third-order valence-electron chi connectivity index (χ3n) is 2.87. The molecule has 0 aliphatic heterocycles. The Hall–Kier alpha value is -2.87. The van der Waals surface area contributed by atoms with E-state index in [1.807, 2.05) is 24.3 Å². The minimum absolute atomic E-state index is 0.211. The zero-order valence-corrected chi connectivity index (χ0v) is 11.2. The maximum Gasteiger partial charge on any atom is 0.258 e. The molecule has 1 heterocycles. The lowest BCUT2D eigenvalue weighted by molar-refractivity contribution is 0.0993. The smallest absolute Gasteiger partial charge is 0.258 e. The van der Waals surface area contributed by atoms with Crippen molar-refractivity contribution in [1.29, 1.82) is 5.26 Å². The second kappa shape index (κ2) is 5.85. The van der Waals surface area contributed by atoms with Crippen LogP contribution in [0.5, 0.6) is 5.75 Å². The minimum Gasteiger partial charge on any atom is -0.497 e. The van der Waals surface area contributed by atoms with Gasteiger partial charge in [0.25, 0.3) is 5.91 Å². The molecule has 100 valence electrons. The largest absolute Gasteiger partial charge is 0.497 e. The molecule has 2 rings (SSSR count). The Labute approximate surface area is 117 Å². The number of hydrogen-bond acceptors (Lipinski definition) is 4. The average Bonchev–Trinajstić information content (AvgIpc) is 2.53. The quantitative estimate of drug-likeness (QED) is 0.855. The van der Waals surface area contributed by atoms with E-state index in [1.165, 1.54) is 17.2 Å². The number of aromatic nitrogens is 1. The zero-order chi connectivity index (χ0) is 14.5. The molecule has 0 radical (unpaired) electrons. The molecule has 5 nitrogen and oxygen atoms in total. The zero-order valence-electron chi connectivity index (χ0n) is 11.2. The summed E-state index contributed by atoms with van der Waals surface area (Å²) in [7, 11) is 3.24. The van der Waals surface area contributed by atoms with Gasteiger partial charge in [0.1, 0.15) is 17.5 Å². The first kappa shape index (κ1) is 13.6. The number of benzene rings is 1. The van der Waals surface area contributed by atoms with E-state index in [0.717, 1.165) is 0 Å². The van der Waals surface area contributed by atoms with Crippen molar-refractivity contribution in [3.05, 3.63) is 53.9 Å². The summed E-state index contributed by atoms with van der Waals surface area (Å²) in [6.45, 7) is 0. The van der Waals surface area contributed by atoms with E-state index in [9.17, 15) is 4.79 Å². The van der Waals surface area contributed by atoms with Crippen molar-refractivity contribution in [2.75, 3.05) is 19.1 Å². The molecular weight excluding hydrogens is 254 g/mol. The fraction of sp³-hybridized carbons (Fsp3) is 0.133. The normalized spacial score (nSPS) is 9.65. The van der Waals surface area contributed by atoms with Crippen molar-refractivity contribution in [3.8, 4) is 11.8 Å². The topological polar surface area (TPSA) is 66.2 Å². The Morgan fingerprint density at radius 1 is 1.35 bits per heavy atom. The summed E-state index contributed by atoms with van der Waals surface area (Å²) < 4.78 is 5.14. The van der Waals surface area contributed by atoms with Crippen molar-refractivity contribution >= 4 is 11.6 Å². The number of ether oxygens (including phenoxy) is 1. The highest BCUT2D eigenvalue weighted by molar-refractivity contribution is 6.05. The van der Waals surface area contributed by atoms with Gasteiger partial charge in [-0.3, -0.25) is 4.79 Å². The predicted molar refractivity (Wildman–Crippen MR) is 74.7 cm³/mol. The fourth-order valence-electron chi connectivity index (χ4n) is 1.75. The highest BCUT2D eigenvalue weighted by Crippen LogP contribution is 2.21. The van der Waals surface area contributed by atoms with E-state index in [0.29, 0.717) is 17.0 Å². The first-order chi connectivity index (χ1) is 9.65. The number of rotatable bonds is 3. The van der Waals surface area contributed by atoms with Gasteiger partial charge in [0.2, 0.25) is 0 Å². The van der Waals surface area contributed by atoms with Crippen LogP contribution in [0.3, 0.4) is 0 Å². The van der Waals surface area contributed by atoms with Crippen LogP contribution < -0.4 is 9.64 Å². The molecule has 0 saturated carbocycles. The number of nitriles is 1. The lowest BCUT2D eigenvalue weighted by Crippen LogP contribution is -2.26.